The van der Waals surface area contributed by atoms with E-state index in [-0.39, 0.29) is 17.9 Å². The van der Waals surface area contributed by atoms with Gasteiger partial charge in [0.25, 0.3) is 5.91 Å². The van der Waals surface area contributed by atoms with E-state index in [9.17, 15) is 9.59 Å². The molecule has 27 heavy (non-hydrogen) atoms. The predicted octanol–water partition coefficient (Wildman–Crippen LogP) is 2.53. The Morgan fingerprint density at radius 1 is 1.07 bits per heavy atom. The van der Waals surface area contributed by atoms with Gasteiger partial charge in [0.05, 0.1) is 13.7 Å². The van der Waals surface area contributed by atoms with Gasteiger partial charge >= 0.3 is 0 Å². The summed E-state index contributed by atoms with van der Waals surface area (Å²) in [5.74, 6) is 0.627. The minimum atomic E-state index is -0.0463. The molecule has 2 amide bonds. The van der Waals surface area contributed by atoms with Crippen molar-refractivity contribution in [2.24, 2.45) is 0 Å². The second-order valence-corrected chi connectivity index (χ2v) is 6.67. The summed E-state index contributed by atoms with van der Waals surface area (Å²) in [6.07, 6.45) is 1.68. The fraction of sp³-hybridized carbons (Fsp3) is 0.333. The zero-order valence-electron chi connectivity index (χ0n) is 15.5. The highest BCUT2D eigenvalue weighted by molar-refractivity contribution is 5.94. The van der Waals surface area contributed by atoms with Gasteiger partial charge in [-0.25, -0.2) is 0 Å². The van der Waals surface area contributed by atoms with Gasteiger partial charge in [0, 0.05) is 36.4 Å². The van der Waals surface area contributed by atoms with Crippen molar-refractivity contribution in [3.05, 3.63) is 60.2 Å². The topological polar surface area (TPSA) is 70.7 Å². The molecule has 2 aromatic carbocycles. The van der Waals surface area contributed by atoms with Crippen molar-refractivity contribution in [3.63, 3.8) is 0 Å². The Morgan fingerprint density at radius 3 is 2.52 bits per heavy atom. The lowest BCUT2D eigenvalue weighted by atomic mass is 10.0. The molecule has 0 aliphatic carbocycles. The first-order valence-electron chi connectivity index (χ1n) is 9.16. The normalized spacial score (nSPS) is 15.1. The van der Waals surface area contributed by atoms with Gasteiger partial charge < -0.3 is 15.4 Å². The van der Waals surface area contributed by atoms with Crippen LogP contribution in [0.1, 0.15) is 23.2 Å². The maximum Gasteiger partial charge on any atom is 0.251 e. The third-order valence-electron chi connectivity index (χ3n) is 4.68. The van der Waals surface area contributed by atoms with E-state index >= 15 is 0 Å². The van der Waals surface area contributed by atoms with Crippen LogP contribution >= 0.6 is 0 Å². The number of methoxy groups -OCH3 is 1. The zero-order valence-corrected chi connectivity index (χ0v) is 15.5. The number of hydrogen-bond donors (Lipinski definition) is 2. The SMILES string of the molecule is COc1cccc(NC(=O)CN2CCC(NC(=O)c3ccccc3)CC2)c1. The van der Waals surface area contributed by atoms with Crippen LogP contribution in [0.2, 0.25) is 0 Å². The molecule has 0 unspecified atom stereocenters. The maximum atomic E-state index is 12.3. The van der Waals surface area contributed by atoms with Crippen molar-refractivity contribution in [2.75, 3.05) is 32.1 Å². The van der Waals surface area contributed by atoms with Gasteiger partial charge in [0.15, 0.2) is 0 Å². The van der Waals surface area contributed by atoms with Crippen molar-refractivity contribution >= 4 is 17.5 Å². The van der Waals surface area contributed by atoms with E-state index < -0.39 is 0 Å². The average molecular weight is 367 g/mol. The van der Waals surface area contributed by atoms with Crippen LogP contribution in [0.25, 0.3) is 0 Å². The summed E-state index contributed by atoms with van der Waals surface area (Å²) in [5, 5.41) is 5.98. The first kappa shape index (κ1) is 18.9. The summed E-state index contributed by atoms with van der Waals surface area (Å²) >= 11 is 0. The highest BCUT2D eigenvalue weighted by Crippen LogP contribution is 2.17. The number of anilines is 1. The number of benzene rings is 2. The van der Waals surface area contributed by atoms with Crippen molar-refractivity contribution < 1.29 is 14.3 Å². The molecule has 142 valence electrons. The molecule has 6 nitrogen and oxygen atoms in total. The third kappa shape index (κ3) is 5.56. The Labute approximate surface area is 159 Å². The molecule has 1 fully saturated rings. The summed E-state index contributed by atoms with van der Waals surface area (Å²) < 4.78 is 5.17. The van der Waals surface area contributed by atoms with Crippen LogP contribution in [0.4, 0.5) is 5.69 Å². The van der Waals surface area contributed by atoms with Crippen LogP contribution in [0.15, 0.2) is 54.6 Å². The first-order chi connectivity index (χ1) is 13.1. The number of nitrogens with zero attached hydrogens (tertiary/aromatic N) is 1. The Kier molecular flexibility index (Phi) is 6.44. The van der Waals surface area contributed by atoms with E-state index in [4.69, 9.17) is 4.74 Å². The standard InChI is InChI=1S/C21H25N3O3/c1-27-19-9-5-8-18(14-19)22-20(25)15-24-12-10-17(11-13-24)23-21(26)16-6-3-2-4-7-16/h2-9,14,17H,10-13,15H2,1H3,(H,22,25)(H,23,26). The van der Waals surface area contributed by atoms with Gasteiger partial charge in [-0.3, -0.25) is 14.5 Å². The number of hydrogen-bond acceptors (Lipinski definition) is 4. The Balaban J connectivity index is 1.42. The molecule has 0 aromatic heterocycles. The van der Waals surface area contributed by atoms with E-state index in [1.165, 1.54) is 0 Å². The molecular formula is C21H25N3O3. The molecule has 0 bridgehead atoms. The van der Waals surface area contributed by atoms with Crippen LogP contribution in [-0.4, -0.2) is 49.5 Å². The summed E-state index contributed by atoms with van der Waals surface area (Å²) in [6, 6.07) is 16.7. The fourth-order valence-electron chi connectivity index (χ4n) is 3.20. The minimum absolute atomic E-state index is 0.0372. The molecule has 1 heterocycles. The van der Waals surface area contributed by atoms with Crippen LogP contribution in [0.5, 0.6) is 5.75 Å². The van der Waals surface area contributed by atoms with Crippen LogP contribution in [-0.2, 0) is 4.79 Å². The number of likely N-dealkylation sites (tertiary alicyclic amines) is 1. The van der Waals surface area contributed by atoms with Crippen LogP contribution in [0, 0.1) is 0 Å². The molecule has 2 N–H and O–H groups in total. The summed E-state index contributed by atoms with van der Waals surface area (Å²) in [6.45, 7) is 1.91. The summed E-state index contributed by atoms with van der Waals surface area (Å²) in [4.78, 5) is 26.6. The number of rotatable bonds is 6. The molecule has 2 aromatic rings. The van der Waals surface area contributed by atoms with E-state index in [0.29, 0.717) is 17.9 Å². The molecule has 1 aliphatic heterocycles. The number of ether oxygens (including phenoxy) is 1. The third-order valence-corrected chi connectivity index (χ3v) is 4.68. The number of amides is 2. The quantitative estimate of drug-likeness (QED) is 0.823. The van der Waals surface area contributed by atoms with Crippen LogP contribution in [0.3, 0.4) is 0 Å². The second kappa shape index (κ2) is 9.19. The molecule has 1 saturated heterocycles. The largest absolute Gasteiger partial charge is 0.497 e. The lowest BCUT2D eigenvalue weighted by molar-refractivity contribution is -0.117. The monoisotopic (exact) mass is 367 g/mol. The highest BCUT2D eigenvalue weighted by Gasteiger charge is 2.22. The van der Waals surface area contributed by atoms with Crippen molar-refractivity contribution in [3.8, 4) is 5.75 Å². The molecule has 0 saturated carbocycles. The number of nitrogens with one attached hydrogen (secondary N) is 2. The lowest BCUT2D eigenvalue weighted by Gasteiger charge is -2.31. The number of piperidine rings is 1. The predicted molar refractivity (Wildman–Crippen MR) is 105 cm³/mol. The highest BCUT2D eigenvalue weighted by atomic mass is 16.5. The lowest BCUT2D eigenvalue weighted by Crippen LogP contribution is -2.46. The maximum absolute atomic E-state index is 12.3. The second-order valence-electron chi connectivity index (χ2n) is 6.67. The van der Waals surface area contributed by atoms with Crippen molar-refractivity contribution in [1.82, 2.24) is 10.2 Å². The summed E-state index contributed by atoms with van der Waals surface area (Å²) in [7, 11) is 1.60. The molecule has 1 aliphatic rings. The van der Waals surface area contributed by atoms with Gasteiger partial charge in [-0.1, -0.05) is 24.3 Å². The van der Waals surface area contributed by atoms with Crippen molar-refractivity contribution in [2.45, 2.75) is 18.9 Å². The molecule has 3 rings (SSSR count). The zero-order chi connectivity index (χ0) is 19.1. The number of carbonyl (C=O) groups excluding carboxylic acids is 2. The molecule has 0 radical (unpaired) electrons. The first-order valence-corrected chi connectivity index (χ1v) is 9.16. The van der Waals surface area contributed by atoms with Gasteiger partial charge in [-0.15, -0.1) is 0 Å². The average Bonchev–Trinajstić information content (AvgIpc) is 2.70. The van der Waals surface area contributed by atoms with E-state index in [1.54, 1.807) is 13.2 Å². The van der Waals surface area contributed by atoms with Crippen LogP contribution < -0.4 is 15.4 Å². The van der Waals surface area contributed by atoms with Gasteiger partial charge in [0.1, 0.15) is 5.75 Å². The Morgan fingerprint density at radius 2 is 1.81 bits per heavy atom. The van der Waals surface area contributed by atoms with E-state index in [1.807, 2.05) is 48.5 Å². The Bertz CT molecular complexity index is 771. The van der Waals surface area contributed by atoms with Gasteiger partial charge in [0.2, 0.25) is 5.91 Å². The molecule has 0 atom stereocenters. The smallest absolute Gasteiger partial charge is 0.251 e. The molecule has 6 heteroatoms. The Hall–Kier alpha value is -2.86. The van der Waals surface area contributed by atoms with Gasteiger partial charge in [-0.05, 0) is 37.1 Å². The summed E-state index contributed by atoms with van der Waals surface area (Å²) in [5.41, 5.74) is 1.40. The van der Waals surface area contributed by atoms with E-state index in [2.05, 4.69) is 15.5 Å². The molecule has 0 spiro atoms. The van der Waals surface area contributed by atoms with Crippen molar-refractivity contribution in [1.29, 1.82) is 0 Å². The number of carbonyl (C=O) groups is 2. The fourth-order valence-corrected chi connectivity index (χ4v) is 3.20. The minimum Gasteiger partial charge on any atom is -0.497 e. The van der Waals surface area contributed by atoms with E-state index in [0.717, 1.165) is 31.6 Å². The molecular weight excluding hydrogens is 342 g/mol. The van der Waals surface area contributed by atoms with Gasteiger partial charge in [-0.2, -0.15) is 0 Å².